The molecule has 23 heavy (non-hydrogen) atoms. The number of rotatable bonds is 3. The molecule has 1 aliphatic rings. The number of carbonyl (C=O) groups is 1. The molecule has 1 N–H and O–H groups in total. The van der Waals surface area contributed by atoms with Gasteiger partial charge >= 0.3 is 0 Å². The van der Waals surface area contributed by atoms with Gasteiger partial charge in [0, 0.05) is 12.2 Å². The molecular formula is C18H23N3O2. The van der Waals surface area contributed by atoms with Crippen molar-refractivity contribution in [3.8, 4) is 5.69 Å². The van der Waals surface area contributed by atoms with E-state index in [-0.39, 0.29) is 18.6 Å². The summed E-state index contributed by atoms with van der Waals surface area (Å²) in [6, 6.07) is 7.99. The van der Waals surface area contributed by atoms with Crippen LogP contribution in [0.3, 0.4) is 0 Å². The second-order valence-electron chi connectivity index (χ2n) is 6.41. The van der Waals surface area contributed by atoms with Gasteiger partial charge in [-0.25, -0.2) is 4.68 Å². The van der Waals surface area contributed by atoms with Gasteiger partial charge in [-0.05, 0) is 62.9 Å². The molecule has 1 aliphatic heterocycles. The van der Waals surface area contributed by atoms with E-state index in [0.717, 1.165) is 24.2 Å². The highest BCUT2D eigenvalue weighted by atomic mass is 16.3. The largest absolute Gasteiger partial charge is 0.394 e. The molecule has 5 nitrogen and oxygen atoms in total. The summed E-state index contributed by atoms with van der Waals surface area (Å²) in [6.07, 6.45) is 1.80. The van der Waals surface area contributed by atoms with Crippen LogP contribution in [0.15, 0.2) is 24.3 Å². The molecule has 0 aliphatic carbocycles. The zero-order valence-electron chi connectivity index (χ0n) is 13.9. The van der Waals surface area contributed by atoms with Gasteiger partial charge in [-0.1, -0.05) is 6.07 Å². The van der Waals surface area contributed by atoms with E-state index in [0.29, 0.717) is 12.2 Å². The molecule has 5 heteroatoms. The van der Waals surface area contributed by atoms with Gasteiger partial charge in [0.05, 0.1) is 18.3 Å². The Balaban J connectivity index is 1.93. The average Bonchev–Trinajstić information content (AvgIpc) is 3.11. The number of aliphatic hydroxyl groups is 1. The summed E-state index contributed by atoms with van der Waals surface area (Å²) in [5.74, 6) is -0.0900. The van der Waals surface area contributed by atoms with Crippen LogP contribution >= 0.6 is 0 Å². The highest BCUT2D eigenvalue weighted by Crippen LogP contribution is 2.21. The van der Waals surface area contributed by atoms with E-state index in [1.807, 2.05) is 17.7 Å². The topological polar surface area (TPSA) is 58.4 Å². The Morgan fingerprint density at radius 3 is 2.57 bits per heavy atom. The SMILES string of the molecule is Cc1cc(C)cc(-n2nc(C(=O)N3CCC[C@H]3CO)cc2C)c1. The number of aromatic nitrogens is 2. The van der Waals surface area contributed by atoms with Crippen LogP contribution in [0.5, 0.6) is 0 Å². The molecule has 0 spiro atoms. The summed E-state index contributed by atoms with van der Waals surface area (Å²) in [6.45, 7) is 6.77. The van der Waals surface area contributed by atoms with Crippen LogP contribution in [0.1, 0.15) is 40.2 Å². The van der Waals surface area contributed by atoms with E-state index < -0.39 is 0 Å². The normalized spacial score (nSPS) is 17.7. The van der Waals surface area contributed by atoms with Crippen molar-refractivity contribution < 1.29 is 9.90 Å². The monoisotopic (exact) mass is 313 g/mol. The summed E-state index contributed by atoms with van der Waals surface area (Å²) in [5.41, 5.74) is 4.68. The van der Waals surface area contributed by atoms with Gasteiger partial charge in [0.15, 0.2) is 5.69 Å². The summed E-state index contributed by atoms with van der Waals surface area (Å²) >= 11 is 0. The third kappa shape index (κ3) is 3.01. The lowest BCUT2D eigenvalue weighted by Crippen LogP contribution is -2.37. The minimum Gasteiger partial charge on any atom is -0.394 e. The van der Waals surface area contributed by atoms with Crippen LogP contribution in [0.25, 0.3) is 5.69 Å². The number of amides is 1. The predicted octanol–water partition coefficient (Wildman–Crippen LogP) is 2.39. The van der Waals surface area contributed by atoms with Crippen molar-refractivity contribution in [2.45, 2.75) is 39.7 Å². The van der Waals surface area contributed by atoms with E-state index in [2.05, 4.69) is 37.1 Å². The molecule has 3 rings (SSSR count). The first kappa shape index (κ1) is 15.7. The molecule has 1 fully saturated rings. The van der Waals surface area contributed by atoms with Crippen LogP contribution < -0.4 is 0 Å². The van der Waals surface area contributed by atoms with Gasteiger partial charge in [0.25, 0.3) is 5.91 Å². The van der Waals surface area contributed by atoms with Crippen molar-refractivity contribution in [3.63, 3.8) is 0 Å². The zero-order valence-corrected chi connectivity index (χ0v) is 13.9. The second-order valence-corrected chi connectivity index (χ2v) is 6.41. The highest BCUT2D eigenvalue weighted by molar-refractivity contribution is 5.93. The molecule has 0 unspecified atom stereocenters. The predicted molar refractivity (Wildman–Crippen MR) is 88.9 cm³/mol. The minimum absolute atomic E-state index is 0.0164. The third-order valence-electron chi connectivity index (χ3n) is 4.41. The van der Waals surface area contributed by atoms with Crippen LogP contribution in [-0.2, 0) is 0 Å². The second kappa shape index (κ2) is 6.16. The smallest absolute Gasteiger partial charge is 0.274 e. The van der Waals surface area contributed by atoms with E-state index in [4.69, 9.17) is 0 Å². The lowest BCUT2D eigenvalue weighted by atomic mass is 10.1. The van der Waals surface area contributed by atoms with Crippen molar-refractivity contribution in [1.29, 1.82) is 0 Å². The summed E-state index contributed by atoms with van der Waals surface area (Å²) in [7, 11) is 0. The Morgan fingerprint density at radius 1 is 1.22 bits per heavy atom. The summed E-state index contributed by atoms with van der Waals surface area (Å²) < 4.78 is 1.82. The Labute approximate surface area is 136 Å². The number of nitrogens with zero attached hydrogens (tertiary/aromatic N) is 3. The molecule has 1 aromatic carbocycles. The van der Waals surface area contributed by atoms with E-state index >= 15 is 0 Å². The molecule has 0 bridgehead atoms. The quantitative estimate of drug-likeness (QED) is 0.946. The first-order valence-corrected chi connectivity index (χ1v) is 8.07. The number of likely N-dealkylation sites (tertiary alicyclic amines) is 1. The maximum Gasteiger partial charge on any atom is 0.274 e. The first-order valence-electron chi connectivity index (χ1n) is 8.07. The maximum atomic E-state index is 12.7. The summed E-state index contributed by atoms with van der Waals surface area (Å²) in [5, 5.41) is 13.9. The first-order chi connectivity index (χ1) is 11.0. The molecule has 122 valence electrons. The number of hydrogen-bond donors (Lipinski definition) is 1. The van der Waals surface area contributed by atoms with Crippen molar-refractivity contribution in [3.05, 3.63) is 46.8 Å². The molecule has 0 radical (unpaired) electrons. The number of carbonyl (C=O) groups excluding carboxylic acids is 1. The molecule has 1 saturated heterocycles. The van der Waals surface area contributed by atoms with Crippen molar-refractivity contribution in [2.75, 3.05) is 13.2 Å². The van der Waals surface area contributed by atoms with E-state index in [1.165, 1.54) is 11.1 Å². The van der Waals surface area contributed by atoms with Gasteiger partial charge in [-0.2, -0.15) is 5.10 Å². The Bertz CT molecular complexity index is 716. The lowest BCUT2D eigenvalue weighted by Gasteiger charge is -2.21. The van der Waals surface area contributed by atoms with Crippen LogP contribution in [-0.4, -0.2) is 44.9 Å². The Kier molecular flexibility index (Phi) is 4.22. The fourth-order valence-electron chi connectivity index (χ4n) is 3.35. The molecule has 2 heterocycles. The van der Waals surface area contributed by atoms with Gasteiger partial charge in [0.1, 0.15) is 0 Å². The lowest BCUT2D eigenvalue weighted by molar-refractivity contribution is 0.0671. The van der Waals surface area contributed by atoms with Crippen molar-refractivity contribution >= 4 is 5.91 Å². The van der Waals surface area contributed by atoms with Gasteiger partial charge in [-0.15, -0.1) is 0 Å². The average molecular weight is 313 g/mol. The van der Waals surface area contributed by atoms with Crippen LogP contribution in [0.4, 0.5) is 0 Å². The Morgan fingerprint density at radius 2 is 1.91 bits per heavy atom. The molecule has 0 saturated carbocycles. The summed E-state index contributed by atoms with van der Waals surface area (Å²) in [4.78, 5) is 14.4. The standard InChI is InChI=1S/C18H23N3O2/c1-12-7-13(2)9-16(8-12)21-14(3)10-17(19-21)18(23)20-6-4-5-15(20)11-22/h7-10,15,22H,4-6,11H2,1-3H3/t15-/m0/s1. The molecule has 1 aromatic heterocycles. The molecule has 2 aromatic rings. The third-order valence-corrected chi connectivity index (χ3v) is 4.41. The Hall–Kier alpha value is -2.14. The number of hydrogen-bond acceptors (Lipinski definition) is 3. The zero-order chi connectivity index (χ0) is 16.6. The number of aliphatic hydroxyl groups excluding tert-OH is 1. The van der Waals surface area contributed by atoms with Crippen LogP contribution in [0, 0.1) is 20.8 Å². The van der Waals surface area contributed by atoms with E-state index in [9.17, 15) is 9.90 Å². The molecule has 1 amide bonds. The molecular weight excluding hydrogens is 290 g/mol. The number of benzene rings is 1. The van der Waals surface area contributed by atoms with Gasteiger partial charge < -0.3 is 10.0 Å². The van der Waals surface area contributed by atoms with E-state index in [1.54, 1.807) is 4.90 Å². The number of aryl methyl sites for hydroxylation is 3. The fraction of sp³-hybridized carbons (Fsp3) is 0.444. The highest BCUT2D eigenvalue weighted by Gasteiger charge is 2.30. The van der Waals surface area contributed by atoms with Crippen molar-refractivity contribution in [1.82, 2.24) is 14.7 Å². The van der Waals surface area contributed by atoms with Crippen molar-refractivity contribution in [2.24, 2.45) is 0 Å². The van der Waals surface area contributed by atoms with Crippen LogP contribution in [0.2, 0.25) is 0 Å². The minimum atomic E-state index is -0.0900. The molecule has 1 atom stereocenters. The maximum absolute atomic E-state index is 12.7. The van der Waals surface area contributed by atoms with Gasteiger partial charge in [0.2, 0.25) is 0 Å². The van der Waals surface area contributed by atoms with Gasteiger partial charge in [-0.3, -0.25) is 4.79 Å². The fourth-order valence-corrected chi connectivity index (χ4v) is 3.35.